The van der Waals surface area contributed by atoms with E-state index in [0.29, 0.717) is 0 Å². The Bertz CT molecular complexity index is 72.2. The van der Waals surface area contributed by atoms with Crippen molar-refractivity contribution in [3.05, 3.63) is 0 Å². The fraction of sp³-hybridized carbons (Fsp3) is 1.00. The molecule has 0 aromatic carbocycles. The Kier molecular flexibility index (Phi) is 6.63. The van der Waals surface area contributed by atoms with E-state index in [2.05, 4.69) is 33.0 Å². The van der Waals surface area contributed by atoms with Gasteiger partial charge in [-0.2, -0.15) is 0 Å². The van der Waals surface area contributed by atoms with Gasteiger partial charge in [0.15, 0.2) is 0 Å². The molecule has 2 unspecified atom stereocenters. The first-order valence-electron chi connectivity index (χ1n) is 5.00. The Morgan fingerprint density at radius 1 is 1.27 bits per heavy atom. The molecule has 0 amide bonds. The highest BCUT2D eigenvalue weighted by molar-refractivity contribution is 4.84. The molecule has 1 nitrogen and oxygen atoms in total. The van der Waals surface area contributed by atoms with E-state index < -0.39 is 0 Å². The van der Waals surface area contributed by atoms with Gasteiger partial charge in [-0.1, -0.05) is 33.6 Å². The quantitative estimate of drug-likeness (QED) is 0.650. The molecule has 68 valence electrons. The van der Waals surface area contributed by atoms with Crippen molar-refractivity contribution >= 4 is 0 Å². The lowest BCUT2D eigenvalue weighted by atomic mass is 9.95. The van der Waals surface area contributed by atoms with Crippen LogP contribution in [0.1, 0.15) is 53.4 Å². The predicted octanol–water partition coefficient (Wildman–Crippen LogP) is 2.95. The van der Waals surface area contributed by atoms with Crippen LogP contribution in [0.2, 0.25) is 0 Å². The van der Waals surface area contributed by atoms with Gasteiger partial charge in [-0.25, -0.2) is 0 Å². The second-order valence-corrected chi connectivity index (χ2v) is 3.50. The third-order valence-corrected chi connectivity index (χ3v) is 1.80. The van der Waals surface area contributed by atoms with Gasteiger partial charge in [0.05, 0.1) is 0 Å². The van der Waals surface area contributed by atoms with E-state index in [9.17, 15) is 0 Å². The van der Waals surface area contributed by atoms with Crippen LogP contribution in [0.25, 0.3) is 0 Å². The lowest BCUT2D eigenvalue weighted by molar-refractivity contribution is 0.266. The molecule has 1 heterocycles. The molecule has 2 atom stereocenters. The van der Waals surface area contributed by atoms with Gasteiger partial charge >= 0.3 is 0 Å². The van der Waals surface area contributed by atoms with E-state index in [1.165, 1.54) is 25.7 Å². The third-order valence-electron chi connectivity index (χ3n) is 1.80. The van der Waals surface area contributed by atoms with E-state index in [1.807, 2.05) is 0 Å². The summed E-state index contributed by atoms with van der Waals surface area (Å²) in [6, 6.07) is 1.65. The first-order chi connectivity index (χ1) is 5.24. The Hall–Kier alpha value is -0.0400. The molecule has 1 aliphatic rings. The summed E-state index contributed by atoms with van der Waals surface area (Å²) < 4.78 is 0. The van der Waals surface area contributed by atoms with Crippen LogP contribution < -0.4 is 5.32 Å². The highest BCUT2D eigenvalue weighted by atomic mass is 15.0. The van der Waals surface area contributed by atoms with Gasteiger partial charge in [0, 0.05) is 12.1 Å². The number of nitrogens with one attached hydrogen (secondary N) is 1. The van der Waals surface area contributed by atoms with Crippen molar-refractivity contribution < 1.29 is 0 Å². The van der Waals surface area contributed by atoms with E-state index in [4.69, 9.17) is 0 Å². The molecule has 11 heavy (non-hydrogen) atoms. The van der Waals surface area contributed by atoms with Crippen molar-refractivity contribution in [3.63, 3.8) is 0 Å². The van der Waals surface area contributed by atoms with Crippen molar-refractivity contribution in [2.75, 3.05) is 0 Å². The molecule has 0 bridgehead atoms. The Morgan fingerprint density at radius 2 is 1.73 bits per heavy atom. The largest absolute Gasteiger partial charge is 0.311 e. The van der Waals surface area contributed by atoms with Gasteiger partial charge in [0.1, 0.15) is 0 Å². The van der Waals surface area contributed by atoms with Crippen molar-refractivity contribution in [1.29, 1.82) is 0 Å². The summed E-state index contributed by atoms with van der Waals surface area (Å²) in [4.78, 5) is 0. The minimum absolute atomic E-state index is 0.798. The number of hydrogen-bond acceptors (Lipinski definition) is 1. The average Bonchev–Trinajstić information content (AvgIpc) is 1.87. The van der Waals surface area contributed by atoms with Crippen LogP contribution in [0.15, 0.2) is 0 Å². The number of hydrogen-bond donors (Lipinski definition) is 1. The summed E-state index contributed by atoms with van der Waals surface area (Å²) in [5.74, 6) is 0. The normalized spacial score (nSPS) is 28.4. The SMILES string of the molecule is CCC.CCCC1CC(C)N1. The third kappa shape index (κ3) is 5.25. The maximum Gasteiger partial charge on any atom is 0.00841 e. The van der Waals surface area contributed by atoms with Crippen molar-refractivity contribution in [1.82, 2.24) is 5.32 Å². The second kappa shape index (κ2) is 6.66. The Balaban J connectivity index is 0.000000292. The molecule has 0 aliphatic carbocycles. The number of rotatable bonds is 2. The Labute approximate surface area is 71.6 Å². The van der Waals surface area contributed by atoms with E-state index >= 15 is 0 Å². The van der Waals surface area contributed by atoms with Gasteiger partial charge in [-0.3, -0.25) is 0 Å². The van der Waals surface area contributed by atoms with Crippen molar-refractivity contribution in [3.8, 4) is 0 Å². The summed E-state index contributed by atoms with van der Waals surface area (Å²) in [5, 5.41) is 3.44. The molecule has 0 radical (unpaired) electrons. The molecule has 1 N–H and O–H groups in total. The second-order valence-electron chi connectivity index (χ2n) is 3.50. The minimum Gasteiger partial charge on any atom is -0.311 e. The maximum absolute atomic E-state index is 3.44. The van der Waals surface area contributed by atoms with Crippen LogP contribution in [0.3, 0.4) is 0 Å². The van der Waals surface area contributed by atoms with Gasteiger partial charge in [-0.05, 0) is 19.8 Å². The zero-order valence-electron chi connectivity index (χ0n) is 8.48. The lowest BCUT2D eigenvalue weighted by Gasteiger charge is -2.34. The fourth-order valence-corrected chi connectivity index (χ4v) is 1.35. The zero-order chi connectivity index (χ0) is 8.69. The predicted molar refractivity (Wildman–Crippen MR) is 51.9 cm³/mol. The monoisotopic (exact) mass is 157 g/mol. The van der Waals surface area contributed by atoms with E-state index in [0.717, 1.165) is 12.1 Å². The zero-order valence-corrected chi connectivity index (χ0v) is 8.48. The highest BCUT2D eigenvalue weighted by Gasteiger charge is 2.22. The molecule has 1 aliphatic heterocycles. The first kappa shape index (κ1) is 11.0. The molecule has 0 aromatic rings. The smallest absolute Gasteiger partial charge is 0.00841 e. The molecule has 0 aromatic heterocycles. The first-order valence-corrected chi connectivity index (χ1v) is 5.00. The van der Waals surface area contributed by atoms with Gasteiger partial charge < -0.3 is 5.32 Å². The molecule has 1 fully saturated rings. The van der Waals surface area contributed by atoms with Crippen LogP contribution in [-0.4, -0.2) is 12.1 Å². The molecular weight excluding hydrogens is 134 g/mol. The summed E-state index contributed by atoms with van der Waals surface area (Å²) in [7, 11) is 0. The van der Waals surface area contributed by atoms with Crippen LogP contribution in [-0.2, 0) is 0 Å². The molecule has 0 spiro atoms. The van der Waals surface area contributed by atoms with Crippen LogP contribution in [0.4, 0.5) is 0 Å². The van der Waals surface area contributed by atoms with Crippen molar-refractivity contribution in [2.45, 2.75) is 65.5 Å². The molecule has 0 saturated carbocycles. The molecule has 1 heteroatoms. The van der Waals surface area contributed by atoms with E-state index in [-0.39, 0.29) is 0 Å². The summed E-state index contributed by atoms with van der Waals surface area (Å²) in [5.41, 5.74) is 0. The summed E-state index contributed by atoms with van der Waals surface area (Å²) in [6.45, 7) is 8.73. The van der Waals surface area contributed by atoms with Crippen LogP contribution in [0, 0.1) is 0 Å². The molecule has 1 rings (SSSR count). The topological polar surface area (TPSA) is 12.0 Å². The van der Waals surface area contributed by atoms with Crippen LogP contribution >= 0.6 is 0 Å². The fourth-order valence-electron chi connectivity index (χ4n) is 1.35. The minimum atomic E-state index is 0.798. The van der Waals surface area contributed by atoms with Crippen LogP contribution in [0.5, 0.6) is 0 Å². The summed E-state index contributed by atoms with van der Waals surface area (Å²) >= 11 is 0. The summed E-state index contributed by atoms with van der Waals surface area (Å²) in [6.07, 6.45) is 5.34. The average molecular weight is 157 g/mol. The Morgan fingerprint density at radius 3 is 2.00 bits per heavy atom. The molecular formula is C10H23N. The highest BCUT2D eigenvalue weighted by Crippen LogP contribution is 2.14. The lowest BCUT2D eigenvalue weighted by Crippen LogP contribution is -2.50. The van der Waals surface area contributed by atoms with Gasteiger partial charge in [0.2, 0.25) is 0 Å². The standard InChI is InChI=1S/C7H15N.C3H8/c1-3-4-7-5-6(2)8-7;1-3-2/h6-8H,3-5H2,1-2H3;3H2,1-2H3. The molecule has 1 saturated heterocycles. The van der Waals surface area contributed by atoms with E-state index in [1.54, 1.807) is 0 Å². The van der Waals surface area contributed by atoms with Gasteiger partial charge in [0.25, 0.3) is 0 Å². The maximum atomic E-state index is 3.44. The van der Waals surface area contributed by atoms with Gasteiger partial charge in [-0.15, -0.1) is 0 Å². The van der Waals surface area contributed by atoms with Crippen molar-refractivity contribution in [2.24, 2.45) is 0 Å².